The molecular weight excluding hydrogens is 241 g/mol. The van der Waals surface area contributed by atoms with Crippen molar-refractivity contribution in [3.63, 3.8) is 0 Å². The second kappa shape index (κ2) is 4.65. The molecule has 93 valence electrons. The van der Waals surface area contributed by atoms with Gasteiger partial charge >= 0.3 is 0 Å². The lowest BCUT2D eigenvalue weighted by Crippen LogP contribution is -1.99. The van der Waals surface area contributed by atoms with Crippen LogP contribution in [0.2, 0.25) is 0 Å². The van der Waals surface area contributed by atoms with E-state index in [4.69, 9.17) is 0 Å². The average Bonchev–Trinajstić information content (AvgIpc) is 2.82. The molecule has 19 heavy (non-hydrogen) atoms. The highest BCUT2D eigenvalue weighted by Gasteiger charge is 2.10. The first kappa shape index (κ1) is 11.6. The maximum atomic E-state index is 13.3. The van der Waals surface area contributed by atoms with Crippen LogP contribution in [0.4, 0.5) is 4.39 Å². The maximum Gasteiger partial charge on any atom is 0.125 e. The van der Waals surface area contributed by atoms with Gasteiger partial charge < -0.3 is 0 Å². The molecule has 0 fully saturated rings. The number of hydrogen-bond donors (Lipinski definition) is 0. The summed E-state index contributed by atoms with van der Waals surface area (Å²) in [4.78, 5) is 3.99. The van der Waals surface area contributed by atoms with Crippen molar-refractivity contribution in [2.24, 2.45) is 0 Å². The lowest BCUT2D eigenvalue weighted by atomic mass is 10.2. The van der Waals surface area contributed by atoms with Gasteiger partial charge in [0.15, 0.2) is 0 Å². The highest BCUT2D eigenvalue weighted by atomic mass is 19.1. The monoisotopic (exact) mass is 252 g/mol. The topological polar surface area (TPSA) is 30.7 Å². The zero-order valence-electron chi connectivity index (χ0n) is 10.1. The number of benzene rings is 1. The van der Waals surface area contributed by atoms with E-state index in [0.717, 1.165) is 11.3 Å². The third kappa shape index (κ3) is 2.25. The van der Waals surface area contributed by atoms with E-state index in [1.807, 2.05) is 18.2 Å². The number of nitrogens with zero attached hydrogens (tertiary/aromatic N) is 3. The van der Waals surface area contributed by atoms with Crippen LogP contribution in [0.1, 0.15) is 5.69 Å². The van der Waals surface area contributed by atoms with Gasteiger partial charge in [0.1, 0.15) is 5.82 Å². The van der Waals surface area contributed by atoms with Gasteiger partial charge in [-0.05, 0) is 43.3 Å². The van der Waals surface area contributed by atoms with Crippen LogP contribution in [0.25, 0.3) is 16.9 Å². The summed E-state index contributed by atoms with van der Waals surface area (Å²) in [6.45, 7) is 3.83. The van der Waals surface area contributed by atoms with Gasteiger partial charge in [0, 0.05) is 18.0 Å². The quantitative estimate of drug-likeness (QED) is 0.701. The summed E-state index contributed by atoms with van der Waals surface area (Å²) >= 11 is 0. The van der Waals surface area contributed by atoms with Crippen LogP contribution in [0.5, 0.6) is 0 Å². The van der Waals surface area contributed by atoms with Gasteiger partial charge in [-0.3, -0.25) is 4.98 Å². The molecule has 0 spiro atoms. The summed E-state index contributed by atoms with van der Waals surface area (Å²) in [5.74, 6) is -0.292. The second-order valence-corrected chi connectivity index (χ2v) is 4.15. The molecule has 0 atom stereocenters. The zero-order chi connectivity index (χ0) is 13.2. The molecule has 0 unspecified atom stereocenters. The molecule has 2 heterocycles. The fourth-order valence-corrected chi connectivity index (χ4v) is 1.96. The van der Waals surface area contributed by atoms with E-state index in [0.29, 0.717) is 11.4 Å². The summed E-state index contributed by atoms with van der Waals surface area (Å²) < 4.78 is 15.0. The molecule has 0 N–H and O–H groups in total. The minimum absolute atomic E-state index is 0.292. The minimum Gasteiger partial charge on any atom is -0.265 e. The average molecular weight is 252 g/mol. The summed E-state index contributed by atoms with van der Waals surface area (Å²) in [6, 6.07) is 11.9. The van der Waals surface area contributed by atoms with E-state index in [2.05, 4.69) is 17.0 Å². The normalized spacial score (nSPS) is 10.6. The first-order chi connectivity index (χ1) is 9.24. The Morgan fingerprint density at radius 2 is 1.84 bits per heavy atom. The van der Waals surface area contributed by atoms with Crippen molar-refractivity contribution in [3.05, 3.63) is 73.3 Å². The molecule has 0 saturated carbocycles. The highest BCUT2D eigenvalue weighted by molar-refractivity contribution is 5.62. The third-order valence-corrected chi connectivity index (χ3v) is 2.79. The van der Waals surface area contributed by atoms with Gasteiger partial charge in [-0.15, -0.1) is 0 Å². The molecule has 3 nitrogen and oxygen atoms in total. The Kier molecular flexibility index (Phi) is 2.83. The number of pyridine rings is 1. The van der Waals surface area contributed by atoms with Gasteiger partial charge in [-0.2, -0.15) is 5.10 Å². The smallest absolute Gasteiger partial charge is 0.125 e. The molecule has 3 aromatic rings. The standard InChI is InChI=1S/C15H11FN3/c1-11-9-15(12-5-7-17-8-6-12)19(18-11)14-4-2-3-13(16)10-14/h2-10H,1H2. The predicted octanol–water partition coefficient (Wildman–Crippen LogP) is 3.26. The van der Waals surface area contributed by atoms with E-state index < -0.39 is 0 Å². The van der Waals surface area contributed by atoms with Crippen molar-refractivity contribution in [2.75, 3.05) is 0 Å². The number of halogens is 1. The maximum absolute atomic E-state index is 13.3. The van der Waals surface area contributed by atoms with Gasteiger partial charge in [0.2, 0.25) is 0 Å². The fourth-order valence-electron chi connectivity index (χ4n) is 1.96. The number of aromatic nitrogens is 3. The molecule has 2 aromatic heterocycles. The van der Waals surface area contributed by atoms with Crippen LogP contribution >= 0.6 is 0 Å². The SMILES string of the molecule is [CH2]c1cc(-c2ccncc2)n(-c2cccc(F)c2)n1. The molecule has 1 radical (unpaired) electrons. The molecular formula is C15H11FN3. The Balaban J connectivity index is 2.18. The summed E-state index contributed by atoms with van der Waals surface area (Å²) in [7, 11) is 0. The number of hydrogen-bond acceptors (Lipinski definition) is 2. The van der Waals surface area contributed by atoms with Crippen LogP contribution in [-0.2, 0) is 0 Å². The first-order valence-corrected chi connectivity index (χ1v) is 5.82. The molecule has 0 aliphatic rings. The van der Waals surface area contributed by atoms with Gasteiger partial charge in [-0.1, -0.05) is 6.07 Å². The van der Waals surface area contributed by atoms with Crippen LogP contribution in [0.3, 0.4) is 0 Å². The zero-order valence-corrected chi connectivity index (χ0v) is 10.1. The van der Waals surface area contributed by atoms with E-state index in [1.165, 1.54) is 12.1 Å². The lowest BCUT2D eigenvalue weighted by molar-refractivity contribution is 0.625. The van der Waals surface area contributed by atoms with Crippen molar-refractivity contribution < 1.29 is 4.39 Å². The molecule has 0 aliphatic heterocycles. The Labute approximate surface area is 110 Å². The lowest BCUT2D eigenvalue weighted by Gasteiger charge is -2.07. The van der Waals surface area contributed by atoms with E-state index in [-0.39, 0.29) is 5.82 Å². The van der Waals surface area contributed by atoms with Crippen molar-refractivity contribution in [2.45, 2.75) is 0 Å². The van der Waals surface area contributed by atoms with Crippen molar-refractivity contribution in [1.82, 2.24) is 14.8 Å². The molecule has 0 amide bonds. The van der Waals surface area contributed by atoms with Crippen molar-refractivity contribution in [1.29, 1.82) is 0 Å². The van der Waals surface area contributed by atoms with Crippen LogP contribution in [0.15, 0.2) is 54.9 Å². The highest BCUT2D eigenvalue weighted by Crippen LogP contribution is 2.23. The van der Waals surface area contributed by atoms with Crippen LogP contribution < -0.4 is 0 Å². The fraction of sp³-hybridized carbons (Fsp3) is 0. The van der Waals surface area contributed by atoms with E-state index >= 15 is 0 Å². The summed E-state index contributed by atoms with van der Waals surface area (Å²) in [5, 5.41) is 4.32. The third-order valence-electron chi connectivity index (χ3n) is 2.79. The van der Waals surface area contributed by atoms with E-state index in [1.54, 1.807) is 29.2 Å². The predicted molar refractivity (Wildman–Crippen MR) is 71.2 cm³/mol. The van der Waals surface area contributed by atoms with Crippen LogP contribution in [0, 0.1) is 12.7 Å². The summed E-state index contributed by atoms with van der Waals surface area (Å²) in [6.07, 6.45) is 3.42. The van der Waals surface area contributed by atoms with Crippen LogP contribution in [-0.4, -0.2) is 14.8 Å². The molecule has 3 rings (SSSR count). The largest absolute Gasteiger partial charge is 0.265 e. The molecule has 4 heteroatoms. The first-order valence-electron chi connectivity index (χ1n) is 5.82. The van der Waals surface area contributed by atoms with Gasteiger partial charge in [0.25, 0.3) is 0 Å². The molecule has 0 saturated heterocycles. The minimum atomic E-state index is -0.292. The Morgan fingerprint density at radius 1 is 1.05 bits per heavy atom. The van der Waals surface area contributed by atoms with Crippen molar-refractivity contribution >= 4 is 0 Å². The molecule has 0 bridgehead atoms. The Morgan fingerprint density at radius 3 is 2.58 bits per heavy atom. The Bertz CT molecular complexity index is 704. The van der Waals surface area contributed by atoms with Crippen molar-refractivity contribution in [3.8, 4) is 16.9 Å². The number of rotatable bonds is 2. The second-order valence-electron chi connectivity index (χ2n) is 4.15. The summed E-state index contributed by atoms with van der Waals surface area (Å²) in [5.41, 5.74) is 3.12. The molecule has 0 aliphatic carbocycles. The van der Waals surface area contributed by atoms with Gasteiger partial charge in [-0.25, -0.2) is 9.07 Å². The molecule has 1 aromatic carbocycles. The van der Waals surface area contributed by atoms with E-state index in [9.17, 15) is 4.39 Å². The Hall–Kier alpha value is -2.49. The van der Waals surface area contributed by atoms with Gasteiger partial charge in [0.05, 0.1) is 17.1 Å².